The van der Waals surface area contributed by atoms with Crippen molar-refractivity contribution in [2.75, 3.05) is 7.11 Å². The summed E-state index contributed by atoms with van der Waals surface area (Å²) in [7, 11) is 1.06. The van der Waals surface area contributed by atoms with E-state index in [4.69, 9.17) is 0 Å². The molecule has 0 fully saturated rings. The van der Waals surface area contributed by atoms with Gasteiger partial charge in [0, 0.05) is 5.56 Å². The summed E-state index contributed by atoms with van der Waals surface area (Å²) in [5.74, 6) is -2.05. The number of rotatable bonds is 2. The molecule has 1 aromatic rings. The van der Waals surface area contributed by atoms with E-state index >= 15 is 0 Å². The first-order valence-corrected chi connectivity index (χ1v) is 4.77. The van der Waals surface area contributed by atoms with Crippen molar-refractivity contribution in [3.8, 4) is 0 Å². The highest BCUT2D eigenvalue weighted by molar-refractivity contribution is 14.1. The minimum atomic E-state index is -2.86. The Hall–Kier alpha value is -0.860. The quantitative estimate of drug-likeness (QED) is 0.475. The Morgan fingerprint density at radius 1 is 1.60 bits per heavy atom. The van der Waals surface area contributed by atoms with Crippen LogP contribution in [0.5, 0.6) is 0 Å². The lowest BCUT2D eigenvalue weighted by Crippen LogP contribution is -2.09. The minimum Gasteiger partial charge on any atom is -0.464 e. The van der Waals surface area contributed by atoms with Gasteiger partial charge in [-0.1, -0.05) is 0 Å². The van der Waals surface area contributed by atoms with Gasteiger partial charge in [-0.15, -0.1) is 0 Å². The van der Waals surface area contributed by atoms with E-state index < -0.39 is 29.6 Å². The first-order chi connectivity index (χ1) is 6.97. The second-order valence-corrected chi connectivity index (χ2v) is 3.57. The van der Waals surface area contributed by atoms with Gasteiger partial charge in [0.1, 0.15) is 0 Å². The molecule has 0 bridgehead atoms. The van der Waals surface area contributed by atoms with Crippen LogP contribution < -0.4 is 0 Å². The molecule has 7 heteroatoms. The SMILES string of the molecule is COC(=O)c1cc(C(F)F)c(I)c(F)n1. The molecule has 0 spiro atoms. The van der Waals surface area contributed by atoms with Crippen LogP contribution >= 0.6 is 22.6 Å². The Bertz CT molecular complexity index is 398. The molecule has 3 nitrogen and oxygen atoms in total. The van der Waals surface area contributed by atoms with Crippen LogP contribution in [0.2, 0.25) is 0 Å². The number of aromatic nitrogens is 1. The van der Waals surface area contributed by atoms with Gasteiger partial charge in [0.15, 0.2) is 5.69 Å². The Kier molecular flexibility index (Phi) is 3.89. The number of methoxy groups -OCH3 is 1. The predicted molar refractivity (Wildman–Crippen MR) is 53.2 cm³/mol. The van der Waals surface area contributed by atoms with Crippen molar-refractivity contribution in [1.82, 2.24) is 4.98 Å². The number of halogens is 4. The lowest BCUT2D eigenvalue weighted by Gasteiger charge is -2.06. The number of ether oxygens (including phenoxy) is 1. The van der Waals surface area contributed by atoms with Crippen molar-refractivity contribution in [2.45, 2.75) is 6.43 Å². The molecular weight excluding hydrogens is 326 g/mol. The molecule has 0 saturated heterocycles. The zero-order valence-electron chi connectivity index (χ0n) is 7.43. The zero-order valence-corrected chi connectivity index (χ0v) is 9.59. The predicted octanol–water partition coefficient (Wildman–Crippen LogP) is 2.55. The van der Waals surface area contributed by atoms with Crippen LogP contribution in [0, 0.1) is 9.52 Å². The highest BCUT2D eigenvalue weighted by Crippen LogP contribution is 2.26. The molecule has 0 atom stereocenters. The Balaban J connectivity index is 3.29. The van der Waals surface area contributed by atoms with Crippen molar-refractivity contribution in [3.63, 3.8) is 0 Å². The van der Waals surface area contributed by atoms with E-state index in [1.807, 2.05) is 0 Å². The smallest absolute Gasteiger partial charge is 0.356 e. The molecule has 0 N–H and O–H groups in total. The normalized spacial score (nSPS) is 10.5. The summed E-state index contributed by atoms with van der Waals surface area (Å²) in [5.41, 5.74) is -1.03. The number of alkyl halides is 2. The molecule has 1 rings (SSSR count). The largest absolute Gasteiger partial charge is 0.464 e. The summed E-state index contributed by atoms with van der Waals surface area (Å²) in [4.78, 5) is 14.2. The van der Waals surface area contributed by atoms with Gasteiger partial charge in [-0.25, -0.2) is 18.6 Å². The zero-order chi connectivity index (χ0) is 11.6. The summed E-state index contributed by atoms with van der Waals surface area (Å²) >= 11 is 1.40. The number of hydrogen-bond acceptors (Lipinski definition) is 3. The molecule has 82 valence electrons. The summed E-state index contributed by atoms with van der Waals surface area (Å²) in [6.45, 7) is 0. The van der Waals surface area contributed by atoms with E-state index in [-0.39, 0.29) is 3.57 Å². The minimum absolute atomic E-state index is 0.296. The van der Waals surface area contributed by atoms with Crippen molar-refractivity contribution in [2.24, 2.45) is 0 Å². The fraction of sp³-hybridized carbons (Fsp3) is 0.250. The molecular formula is C8H5F3INO2. The number of carbonyl (C=O) groups is 1. The monoisotopic (exact) mass is 331 g/mol. The van der Waals surface area contributed by atoms with Gasteiger partial charge in [-0.2, -0.15) is 4.39 Å². The molecule has 0 aromatic carbocycles. The van der Waals surface area contributed by atoms with Crippen molar-refractivity contribution in [1.29, 1.82) is 0 Å². The van der Waals surface area contributed by atoms with E-state index in [0.29, 0.717) is 0 Å². The van der Waals surface area contributed by atoms with Crippen LogP contribution in [0.4, 0.5) is 13.2 Å². The van der Waals surface area contributed by atoms with E-state index in [0.717, 1.165) is 13.2 Å². The third-order valence-corrected chi connectivity index (χ3v) is 2.64. The van der Waals surface area contributed by atoms with Crippen molar-refractivity contribution >= 4 is 28.6 Å². The second kappa shape index (κ2) is 4.77. The van der Waals surface area contributed by atoms with Crippen LogP contribution in [0.25, 0.3) is 0 Å². The van der Waals surface area contributed by atoms with Gasteiger partial charge in [-0.3, -0.25) is 0 Å². The maximum Gasteiger partial charge on any atom is 0.356 e. The molecule has 0 unspecified atom stereocenters. The molecule has 0 amide bonds. The van der Waals surface area contributed by atoms with Gasteiger partial charge < -0.3 is 4.74 Å². The first kappa shape index (κ1) is 12.2. The molecule has 0 saturated carbocycles. The maximum atomic E-state index is 13.0. The third-order valence-electron chi connectivity index (χ3n) is 1.58. The average Bonchev–Trinajstić information content (AvgIpc) is 2.20. The van der Waals surface area contributed by atoms with E-state index in [1.54, 1.807) is 0 Å². The molecule has 1 heterocycles. The average molecular weight is 331 g/mol. The van der Waals surface area contributed by atoms with Gasteiger partial charge in [0.2, 0.25) is 5.95 Å². The molecule has 0 aliphatic heterocycles. The summed E-state index contributed by atoms with van der Waals surface area (Å²) in [6.07, 6.45) is -2.86. The number of nitrogens with zero attached hydrogens (tertiary/aromatic N) is 1. The maximum absolute atomic E-state index is 13.0. The second-order valence-electron chi connectivity index (χ2n) is 2.49. The molecule has 15 heavy (non-hydrogen) atoms. The third kappa shape index (κ3) is 2.58. The van der Waals surface area contributed by atoms with E-state index in [2.05, 4.69) is 9.72 Å². The van der Waals surface area contributed by atoms with Crippen LogP contribution in [0.3, 0.4) is 0 Å². The van der Waals surface area contributed by atoms with Crippen LogP contribution in [0.1, 0.15) is 22.5 Å². The Morgan fingerprint density at radius 3 is 2.67 bits per heavy atom. The summed E-state index contributed by atoms with van der Waals surface area (Å²) in [5, 5.41) is 0. The van der Waals surface area contributed by atoms with E-state index in [9.17, 15) is 18.0 Å². The highest BCUT2D eigenvalue weighted by Gasteiger charge is 2.20. The Morgan fingerprint density at radius 2 is 2.20 bits per heavy atom. The highest BCUT2D eigenvalue weighted by atomic mass is 127. The molecule has 0 aliphatic rings. The number of esters is 1. The van der Waals surface area contributed by atoms with Gasteiger partial charge in [0.05, 0.1) is 10.7 Å². The fourth-order valence-corrected chi connectivity index (χ4v) is 1.40. The number of pyridine rings is 1. The number of hydrogen-bond donors (Lipinski definition) is 0. The van der Waals surface area contributed by atoms with Gasteiger partial charge in [-0.05, 0) is 28.7 Å². The summed E-state index contributed by atoms with van der Waals surface area (Å²) in [6, 6.07) is 0.821. The van der Waals surface area contributed by atoms with Crippen LogP contribution in [-0.4, -0.2) is 18.1 Å². The van der Waals surface area contributed by atoms with Gasteiger partial charge in [0.25, 0.3) is 6.43 Å². The van der Waals surface area contributed by atoms with E-state index in [1.165, 1.54) is 22.6 Å². The topological polar surface area (TPSA) is 39.2 Å². The van der Waals surface area contributed by atoms with Crippen molar-refractivity contribution in [3.05, 3.63) is 26.8 Å². The Labute approximate surface area is 96.8 Å². The first-order valence-electron chi connectivity index (χ1n) is 3.69. The van der Waals surface area contributed by atoms with Gasteiger partial charge >= 0.3 is 5.97 Å². The fourth-order valence-electron chi connectivity index (χ4n) is 0.885. The lowest BCUT2D eigenvalue weighted by atomic mass is 10.2. The molecule has 1 aromatic heterocycles. The van der Waals surface area contributed by atoms with Crippen molar-refractivity contribution < 1.29 is 22.7 Å². The lowest BCUT2D eigenvalue weighted by molar-refractivity contribution is 0.0591. The van der Waals surface area contributed by atoms with Crippen LogP contribution in [0.15, 0.2) is 6.07 Å². The standard InChI is InChI=1S/C8H5F3INO2/c1-15-8(14)4-2-3(6(9)10)5(12)7(11)13-4/h2,6H,1H3. The molecule has 0 aliphatic carbocycles. The molecule has 0 radical (unpaired) electrons. The van der Waals surface area contributed by atoms with Crippen LogP contribution in [-0.2, 0) is 4.74 Å². The summed E-state index contributed by atoms with van der Waals surface area (Å²) < 4.78 is 41.8. The number of carbonyl (C=O) groups excluding carboxylic acids is 1.